The van der Waals surface area contributed by atoms with E-state index < -0.39 is 0 Å². The van der Waals surface area contributed by atoms with Crippen molar-refractivity contribution in [1.82, 2.24) is 9.88 Å². The first-order valence-corrected chi connectivity index (χ1v) is 6.91. The van der Waals surface area contributed by atoms with Crippen molar-refractivity contribution >= 4 is 11.3 Å². The van der Waals surface area contributed by atoms with Gasteiger partial charge in [0, 0.05) is 23.8 Å². The molecule has 0 radical (unpaired) electrons. The zero-order chi connectivity index (χ0) is 11.5. The predicted octanol–water partition coefficient (Wildman–Crippen LogP) is 1.84. The summed E-state index contributed by atoms with van der Waals surface area (Å²) in [5.74, 6) is 0.675. The molecule has 3 nitrogen and oxygen atoms in total. The van der Waals surface area contributed by atoms with E-state index in [9.17, 15) is 0 Å². The minimum Gasteiger partial charge on any atom is -0.328 e. The van der Waals surface area contributed by atoms with Gasteiger partial charge in [0.15, 0.2) is 0 Å². The first-order valence-electron chi connectivity index (χ1n) is 6.03. The second kappa shape index (κ2) is 5.25. The molecule has 2 heterocycles. The zero-order valence-electron chi connectivity index (χ0n) is 10.1. The first kappa shape index (κ1) is 12.0. The average Bonchev–Trinajstić information content (AvgIpc) is 2.66. The molecular formula is C12H21N3S. The highest BCUT2D eigenvalue weighted by molar-refractivity contribution is 7.09. The maximum atomic E-state index is 5.79. The number of aromatic nitrogens is 1. The summed E-state index contributed by atoms with van der Waals surface area (Å²) in [6, 6.07) is 0.219. The molecular weight excluding hydrogens is 218 g/mol. The van der Waals surface area contributed by atoms with Gasteiger partial charge in [-0.2, -0.15) is 0 Å². The number of likely N-dealkylation sites (tertiary alicyclic amines) is 1. The molecule has 1 aromatic rings. The number of rotatable bonds is 3. The topological polar surface area (TPSA) is 42.1 Å². The molecule has 90 valence electrons. The molecule has 2 N–H and O–H groups in total. The second-order valence-electron chi connectivity index (χ2n) is 4.93. The highest BCUT2D eigenvalue weighted by Gasteiger charge is 2.20. The number of piperidine rings is 1. The molecule has 1 aromatic heterocycles. The molecule has 2 rings (SSSR count). The third kappa shape index (κ3) is 3.03. The minimum absolute atomic E-state index is 0.219. The largest absolute Gasteiger partial charge is 0.328 e. The van der Waals surface area contributed by atoms with Gasteiger partial charge in [-0.1, -0.05) is 0 Å². The molecule has 0 amide bonds. The Labute approximate surface area is 102 Å². The van der Waals surface area contributed by atoms with Gasteiger partial charge in [-0.3, -0.25) is 0 Å². The van der Waals surface area contributed by atoms with Gasteiger partial charge in [0.1, 0.15) is 0 Å². The van der Waals surface area contributed by atoms with Gasteiger partial charge >= 0.3 is 0 Å². The fourth-order valence-corrected chi connectivity index (χ4v) is 3.21. The van der Waals surface area contributed by atoms with Crippen molar-refractivity contribution in [2.75, 3.05) is 20.1 Å². The Hall–Kier alpha value is -0.450. The average molecular weight is 239 g/mol. The monoisotopic (exact) mass is 239 g/mol. The third-order valence-corrected chi connectivity index (χ3v) is 4.09. The van der Waals surface area contributed by atoms with Gasteiger partial charge in [0.2, 0.25) is 0 Å². The molecule has 1 unspecified atom stereocenters. The van der Waals surface area contributed by atoms with E-state index in [1.165, 1.54) is 36.6 Å². The minimum atomic E-state index is 0.219. The molecule has 0 aromatic carbocycles. The van der Waals surface area contributed by atoms with Crippen LogP contribution in [0.3, 0.4) is 0 Å². The number of nitrogens with two attached hydrogens (primary N) is 1. The highest BCUT2D eigenvalue weighted by Crippen LogP contribution is 2.28. The maximum Gasteiger partial charge on any atom is 0.0943 e. The molecule has 1 atom stereocenters. The van der Waals surface area contributed by atoms with E-state index in [-0.39, 0.29) is 6.04 Å². The molecule has 0 saturated carbocycles. The summed E-state index contributed by atoms with van der Waals surface area (Å²) in [7, 11) is 2.19. The normalized spacial score (nSPS) is 21.2. The Morgan fingerprint density at radius 2 is 2.25 bits per heavy atom. The van der Waals surface area contributed by atoms with Crippen LogP contribution < -0.4 is 5.73 Å². The molecule has 4 heteroatoms. The Bertz CT molecular complexity index is 327. The third-order valence-electron chi connectivity index (χ3n) is 3.20. The van der Waals surface area contributed by atoms with Crippen LogP contribution in [0.1, 0.15) is 36.4 Å². The van der Waals surface area contributed by atoms with Gasteiger partial charge in [-0.05, 0) is 39.9 Å². The van der Waals surface area contributed by atoms with Crippen LogP contribution in [0.2, 0.25) is 0 Å². The Balaban J connectivity index is 1.96. The Morgan fingerprint density at radius 1 is 1.56 bits per heavy atom. The fourth-order valence-electron chi connectivity index (χ4n) is 2.19. The number of hydrogen-bond donors (Lipinski definition) is 1. The fraction of sp³-hybridized carbons (Fsp3) is 0.750. The summed E-state index contributed by atoms with van der Waals surface area (Å²) in [5.41, 5.74) is 7.09. The Kier molecular flexibility index (Phi) is 3.95. The summed E-state index contributed by atoms with van der Waals surface area (Å²) in [6.07, 6.45) is 3.41. The van der Waals surface area contributed by atoms with Crippen LogP contribution >= 0.6 is 11.3 Å². The molecule has 1 fully saturated rings. The lowest BCUT2D eigenvalue weighted by molar-refractivity contribution is 0.253. The second-order valence-corrected chi connectivity index (χ2v) is 5.87. The van der Waals surface area contributed by atoms with E-state index >= 15 is 0 Å². The van der Waals surface area contributed by atoms with Gasteiger partial charge in [-0.25, -0.2) is 4.98 Å². The van der Waals surface area contributed by atoms with Gasteiger partial charge in [0.05, 0.1) is 10.7 Å². The molecule has 0 bridgehead atoms. The van der Waals surface area contributed by atoms with E-state index in [2.05, 4.69) is 17.3 Å². The van der Waals surface area contributed by atoms with Crippen molar-refractivity contribution in [3.05, 3.63) is 16.1 Å². The lowest BCUT2D eigenvalue weighted by Gasteiger charge is -2.27. The van der Waals surface area contributed by atoms with E-state index in [1.54, 1.807) is 11.3 Å². The summed E-state index contributed by atoms with van der Waals surface area (Å²) < 4.78 is 0. The van der Waals surface area contributed by atoms with Crippen molar-refractivity contribution in [2.45, 2.75) is 38.1 Å². The maximum absolute atomic E-state index is 5.79. The van der Waals surface area contributed by atoms with Crippen molar-refractivity contribution in [3.8, 4) is 0 Å². The van der Waals surface area contributed by atoms with E-state index in [1.807, 2.05) is 6.92 Å². The lowest BCUT2D eigenvalue weighted by Crippen LogP contribution is -2.29. The summed E-state index contributed by atoms with van der Waals surface area (Å²) in [4.78, 5) is 7.11. The summed E-state index contributed by atoms with van der Waals surface area (Å²) in [6.45, 7) is 4.44. The van der Waals surface area contributed by atoms with Crippen molar-refractivity contribution in [3.63, 3.8) is 0 Å². The van der Waals surface area contributed by atoms with Crippen molar-refractivity contribution < 1.29 is 0 Å². The van der Waals surface area contributed by atoms with E-state index in [0.29, 0.717) is 5.92 Å². The van der Waals surface area contributed by atoms with Crippen LogP contribution in [-0.2, 0) is 6.42 Å². The summed E-state index contributed by atoms with van der Waals surface area (Å²) >= 11 is 1.77. The van der Waals surface area contributed by atoms with Crippen LogP contribution in [0.15, 0.2) is 5.38 Å². The van der Waals surface area contributed by atoms with Crippen molar-refractivity contribution in [2.24, 2.45) is 5.73 Å². The smallest absolute Gasteiger partial charge is 0.0943 e. The van der Waals surface area contributed by atoms with Crippen LogP contribution in [0.25, 0.3) is 0 Å². The van der Waals surface area contributed by atoms with Gasteiger partial charge < -0.3 is 10.6 Å². The first-order chi connectivity index (χ1) is 7.65. The molecule has 1 saturated heterocycles. The molecule has 16 heavy (non-hydrogen) atoms. The van der Waals surface area contributed by atoms with Crippen LogP contribution in [-0.4, -0.2) is 36.1 Å². The molecule has 1 aliphatic rings. The Morgan fingerprint density at radius 3 is 2.88 bits per heavy atom. The standard InChI is InChI=1S/C12H21N3S/c1-9(13)7-12-14-11(8-16-12)10-3-5-15(2)6-4-10/h8-10H,3-7,13H2,1-2H3. The lowest BCUT2D eigenvalue weighted by atomic mass is 9.94. The van der Waals surface area contributed by atoms with Crippen LogP contribution in [0, 0.1) is 0 Å². The van der Waals surface area contributed by atoms with E-state index in [4.69, 9.17) is 10.7 Å². The molecule has 0 spiro atoms. The molecule has 0 aliphatic carbocycles. The SMILES string of the molecule is CC(N)Cc1nc(C2CCN(C)CC2)cs1. The van der Waals surface area contributed by atoms with Crippen LogP contribution in [0.5, 0.6) is 0 Å². The van der Waals surface area contributed by atoms with Crippen LogP contribution in [0.4, 0.5) is 0 Å². The van der Waals surface area contributed by atoms with Crippen molar-refractivity contribution in [1.29, 1.82) is 0 Å². The highest BCUT2D eigenvalue weighted by atomic mass is 32.1. The number of thiazole rings is 1. The van der Waals surface area contributed by atoms with Gasteiger partial charge in [0.25, 0.3) is 0 Å². The van der Waals surface area contributed by atoms with Gasteiger partial charge in [-0.15, -0.1) is 11.3 Å². The number of hydrogen-bond acceptors (Lipinski definition) is 4. The van der Waals surface area contributed by atoms with E-state index in [0.717, 1.165) is 6.42 Å². The quantitative estimate of drug-likeness (QED) is 0.875. The zero-order valence-corrected chi connectivity index (χ0v) is 11.0. The molecule has 1 aliphatic heterocycles. The predicted molar refractivity (Wildman–Crippen MR) is 68.9 cm³/mol. The summed E-state index contributed by atoms with van der Waals surface area (Å²) in [5, 5.41) is 3.43. The number of nitrogens with zero attached hydrogens (tertiary/aromatic N) is 2.